The lowest BCUT2D eigenvalue weighted by molar-refractivity contribution is -0.144. The first-order chi connectivity index (χ1) is 9.19. The summed E-state index contributed by atoms with van der Waals surface area (Å²) in [6.07, 6.45) is 6.50. The van der Waals surface area contributed by atoms with Crippen LogP contribution in [0.25, 0.3) is 0 Å². The van der Waals surface area contributed by atoms with Crippen molar-refractivity contribution in [2.45, 2.75) is 13.0 Å². The van der Waals surface area contributed by atoms with Gasteiger partial charge >= 0.3 is 5.97 Å². The van der Waals surface area contributed by atoms with E-state index in [1.54, 1.807) is 42.5 Å². The average molecular weight is 259 g/mol. The number of carbonyl (C=O) groups is 2. The molecule has 1 amide bonds. The number of hydrogen-bond acceptors (Lipinski definition) is 3. The van der Waals surface area contributed by atoms with Crippen molar-refractivity contribution in [3.63, 3.8) is 0 Å². The average Bonchev–Trinajstić information content (AvgIpc) is 2.45. The first kappa shape index (κ1) is 14.7. The minimum absolute atomic E-state index is 0.350. The molecular weight excluding hydrogens is 242 g/mol. The van der Waals surface area contributed by atoms with E-state index in [1.807, 2.05) is 13.0 Å². The molecular formula is C15H17NO3. The highest BCUT2D eigenvalue weighted by Crippen LogP contribution is 2.13. The van der Waals surface area contributed by atoms with Crippen LogP contribution in [-0.2, 0) is 14.3 Å². The highest BCUT2D eigenvalue weighted by atomic mass is 16.5. The summed E-state index contributed by atoms with van der Waals surface area (Å²) in [4.78, 5) is 23.4. The molecule has 19 heavy (non-hydrogen) atoms. The molecule has 1 aromatic rings. The molecule has 0 spiro atoms. The van der Waals surface area contributed by atoms with E-state index in [1.165, 1.54) is 13.2 Å². The fourth-order valence-corrected chi connectivity index (χ4v) is 1.49. The zero-order valence-corrected chi connectivity index (χ0v) is 11.0. The summed E-state index contributed by atoms with van der Waals surface area (Å²) in [5, 5.41) is 2.61. The number of benzene rings is 1. The zero-order chi connectivity index (χ0) is 14.1. The van der Waals surface area contributed by atoms with Gasteiger partial charge in [0.2, 0.25) is 5.91 Å². The Morgan fingerprint density at radius 3 is 2.47 bits per heavy atom. The quantitative estimate of drug-likeness (QED) is 0.501. The number of allylic oxidation sites excluding steroid dienone is 3. The Morgan fingerprint density at radius 2 is 1.89 bits per heavy atom. The highest BCUT2D eigenvalue weighted by molar-refractivity contribution is 5.92. The highest BCUT2D eigenvalue weighted by Gasteiger charge is 2.22. The number of methoxy groups -OCH3 is 1. The van der Waals surface area contributed by atoms with Crippen LogP contribution < -0.4 is 5.32 Å². The molecule has 0 saturated heterocycles. The minimum Gasteiger partial charge on any atom is -0.467 e. The van der Waals surface area contributed by atoms with Gasteiger partial charge in [-0.2, -0.15) is 0 Å². The van der Waals surface area contributed by atoms with Gasteiger partial charge in [0.25, 0.3) is 0 Å². The number of rotatable bonds is 5. The van der Waals surface area contributed by atoms with Crippen LogP contribution in [0.15, 0.2) is 54.6 Å². The third kappa shape index (κ3) is 4.79. The van der Waals surface area contributed by atoms with Crippen LogP contribution in [0.5, 0.6) is 0 Å². The largest absolute Gasteiger partial charge is 0.467 e. The SMILES string of the molecule is CC=CC=CC(=O)NC(C(=O)OC)c1ccccc1. The van der Waals surface area contributed by atoms with Gasteiger partial charge in [-0.25, -0.2) is 4.79 Å². The molecule has 0 radical (unpaired) electrons. The van der Waals surface area contributed by atoms with E-state index in [0.717, 1.165) is 0 Å². The standard InChI is InChI=1S/C15H17NO3/c1-3-4-6-11-13(17)16-14(15(18)19-2)12-9-7-5-8-10-12/h3-11,14H,1-2H3,(H,16,17). The molecule has 0 bridgehead atoms. The third-order valence-electron chi connectivity index (χ3n) is 2.41. The Morgan fingerprint density at radius 1 is 1.21 bits per heavy atom. The Kier molecular flexibility index (Phi) is 6.09. The van der Waals surface area contributed by atoms with Crippen molar-refractivity contribution >= 4 is 11.9 Å². The van der Waals surface area contributed by atoms with Crippen LogP contribution in [0, 0.1) is 0 Å². The smallest absolute Gasteiger partial charge is 0.333 e. The van der Waals surface area contributed by atoms with Gasteiger partial charge in [-0.05, 0) is 12.5 Å². The maximum Gasteiger partial charge on any atom is 0.333 e. The van der Waals surface area contributed by atoms with Crippen LogP contribution >= 0.6 is 0 Å². The second kappa shape index (κ2) is 7.87. The van der Waals surface area contributed by atoms with E-state index < -0.39 is 12.0 Å². The van der Waals surface area contributed by atoms with Gasteiger partial charge in [0.15, 0.2) is 6.04 Å². The molecule has 1 atom stereocenters. The van der Waals surface area contributed by atoms with Crippen LogP contribution in [0.2, 0.25) is 0 Å². The molecule has 1 unspecified atom stereocenters. The van der Waals surface area contributed by atoms with Gasteiger partial charge in [-0.3, -0.25) is 4.79 Å². The van der Waals surface area contributed by atoms with Crippen molar-refractivity contribution in [3.05, 3.63) is 60.2 Å². The Labute approximate surface area is 112 Å². The number of carbonyl (C=O) groups excluding carboxylic acids is 2. The molecule has 0 saturated carbocycles. The lowest BCUT2D eigenvalue weighted by atomic mass is 10.1. The lowest BCUT2D eigenvalue weighted by Crippen LogP contribution is -2.33. The predicted molar refractivity (Wildman–Crippen MR) is 73.3 cm³/mol. The van der Waals surface area contributed by atoms with E-state index in [-0.39, 0.29) is 5.91 Å². The lowest BCUT2D eigenvalue weighted by Gasteiger charge is -2.15. The minimum atomic E-state index is -0.797. The predicted octanol–water partition coefficient (Wildman–Crippen LogP) is 2.15. The number of esters is 1. The summed E-state index contributed by atoms with van der Waals surface area (Å²) in [7, 11) is 1.29. The number of ether oxygens (including phenoxy) is 1. The molecule has 0 heterocycles. The Hall–Kier alpha value is -2.36. The number of hydrogen-bond donors (Lipinski definition) is 1. The van der Waals surface area contributed by atoms with Crippen LogP contribution in [0.4, 0.5) is 0 Å². The molecule has 1 aromatic carbocycles. The van der Waals surface area contributed by atoms with Gasteiger partial charge in [-0.15, -0.1) is 0 Å². The zero-order valence-electron chi connectivity index (χ0n) is 11.0. The third-order valence-corrected chi connectivity index (χ3v) is 2.41. The summed E-state index contributed by atoms with van der Waals surface area (Å²) in [6, 6.07) is 8.16. The molecule has 0 aliphatic carbocycles. The summed E-state index contributed by atoms with van der Waals surface area (Å²) >= 11 is 0. The first-order valence-corrected chi connectivity index (χ1v) is 5.91. The maximum atomic E-state index is 11.7. The Bertz CT molecular complexity index is 477. The van der Waals surface area contributed by atoms with E-state index in [9.17, 15) is 9.59 Å². The normalized spacial score (nSPS) is 12.5. The molecule has 0 aliphatic rings. The summed E-state index contributed by atoms with van der Waals surface area (Å²) in [6.45, 7) is 1.85. The van der Waals surface area contributed by atoms with Gasteiger partial charge in [0.1, 0.15) is 0 Å². The van der Waals surface area contributed by atoms with Crippen molar-refractivity contribution in [3.8, 4) is 0 Å². The van der Waals surface area contributed by atoms with E-state index in [0.29, 0.717) is 5.56 Å². The number of nitrogens with one attached hydrogen (secondary N) is 1. The molecule has 1 N–H and O–H groups in total. The van der Waals surface area contributed by atoms with E-state index in [4.69, 9.17) is 4.74 Å². The van der Waals surface area contributed by atoms with Crippen LogP contribution in [0.3, 0.4) is 0 Å². The van der Waals surface area contributed by atoms with Crippen LogP contribution in [-0.4, -0.2) is 19.0 Å². The summed E-state index contributed by atoms with van der Waals surface area (Å²) < 4.78 is 4.70. The molecule has 0 aromatic heterocycles. The molecule has 0 aliphatic heterocycles. The molecule has 1 rings (SSSR count). The van der Waals surface area contributed by atoms with Gasteiger partial charge < -0.3 is 10.1 Å². The first-order valence-electron chi connectivity index (χ1n) is 5.91. The van der Waals surface area contributed by atoms with Gasteiger partial charge in [-0.1, -0.05) is 48.6 Å². The van der Waals surface area contributed by atoms with Crippen molar-refractivity contribution in [2.24, 2.45) is 0 Å². The second-order valence-electron chi connectivity index (χ2n) is 3.76. The fraction of sp³-hybridized carbons (Fsp3) is 0.200. The molecule has 4 heteroatoms. The van der Waals surface area contributed by atoms with Crippen molar-refractivity contribution < 1.29 is 14.3 Å². The molecule has 0 fully saturated rings. The second-order valence-corrected chi connectivity index (χ2v) is 3.76. The molecule has 4 nitrogen and oxygen atoms in total. The summed E-state index contributed by atoms with van der Waals surface area (Å²) in [5.41, 5.74) is 0.683. The monoisotopic (exact) mass is 259 g/mol. The maximum absolute atomic E-state index is 11.7. The summed E-state index contributed by atoms with van der Waals surface area (Å²) in [5.74, 6) is -0.851. The van der Waals surface area contributed by atoms with Crippen molar-refractivity contribution in [2.75, 3.05) is 7.11 Å². The van der Waals surface area contributed by atoms with E-state index >= 15 is 0 Å². The van der Waals surface area contributed by atoms with E-state index in [2.05, 4.69) is 5.32 Å². The van der Waals surface area contributed by atoms with Crippen LogP contribution in [0.1, 0.15) is 18.5 Å². The van der Waals surface area contributed by atoms with Gasteiger partial charge in [0, 0.05) is 6.08 Å². The Balaban J connectivity index is 2.82. The fourth-order valence-electron chi connectivity index (χ4n) is 1.49. The number of amides is 1. The topological polar surface area (TPSA) is 55.4 Å². The molecule has 100 valence electrons. The van der Waals surface area contributed by atoms with Crippen molar-refractivity contribution in [1.82, 2.24) is 5.32 Å². The van der Waals surface area contributed by atoms with Crippen molar-refractivity contribution in [1.29, 1.82) is 0 Å². The van der Waals surface area contributed by atoms with Gasteiger partial charge in [0.05, 0.1) is 7.11 Å².